The summed E-state index contributed by atoms with van der Waals surface area (Å²) in [5.74, 6) is -0.248. The molecule has 1 amide bonds. The average molecular weight is 550 g/mol. The van der Waals surface area contributed by atoms with Crippen LogP contribution in [0.3, 0.4) is 0 Å². The lowest BCUT2D eigenvalue weighted by molar-refractivity contribution is 0.0854. The monoisotopic (exact) mass is 549 g/mol. The van der Waals surface area contributed by atoms with Crippen LogP contribution in [0.4, 0.5) is 10.2 Å². The van der Waals surface area contributed by atoms with Crippen molar-refractivity contribution in [3.63, 3.8) is 0 Å². The molecule has 5 nitrogen and oxygen atoms in total. The van der Waals surface area contributed by atoms with E-state index in [0.717, 1.165) is 38.5 Å². The first-order valence-corrected chi connectivity index (χ1v) is 14.0. The van der Waals surface area contributed by atoms with Crippen LogP contribution in [-0.4, -0.2) is 29.1 Å². The first-order chi connectivity index (χ1) is 19.5. The number of benzene rings is 4. The molecule has 0 aliphatic heterocycles. The molecule has 1 aliphatic rings. The number of aromatic nitrogens is 1. The molecule has 0 unspecified atom stereocenters. The van der Waals surface area contributed by atoms with Crippen LogP contribution in [0, 0.1) is 5.82 Å². The van der Waals surface area contributed by atoms with Crippen LogP contribution < -0.4 is 10.2 Å². The average Bonchev–Trinajstić information content (AvgIpc) is 3.59. The Hall–Kier alpha value is -4.33. The van der Waals surface area contributed by atoms with Crippen molar-refractivity contribution >= 4 is 23.1 Å². The number of thiazole rings is 1. The number of nitrogens with zero attached hydrogens (tertiary/aromatic N) is 2. The summed E-state index contributed by atoms with van der Waals surface area (Å²) in [5.41, 5.74) is 7.36. The van der Waals surface area contributed by atoms with Gasteiger partial charge >= 0.3 is 0 Å². The zero-order valence-electron chi connectivity index (χ0n) is 21.9. The summed E-state index contributed by atoms with van der Waals surface area (Å²) in [4.78, 5) is 20.9. The molecule has 1 aliphatic carbocycles. The van der Waals surface area contributed by atoms with Gasteiger partial charge in [0.15, 0.2) is 0 Å². The fraction of sp³-hybridized carbons (Fsp3) is 0.152. The van der Waals surface area contributed by atoms with E-state index < -0.39 is 23.9 Å². The molecule has 0 saturated carbocycles. The largest absolute Gasteiger partial charge is 0.390 e. The predicted octanol–water partition coefficient (Wildman–Crippen LogP) is 6.64. The number of nitrogens with one attached hydrogen (secondary N) is 1. The number of carbonyl (C=O) groups is 1. The van der Waals surface area contributed by atoms with Crippen LogP contribution in [0.5, 0.6) is 0 Å². The second-order valence-electron chi connectivity index (χ2n) is 10.0. The topological polar surface area (TPSA) is 65.5 Å². The number of aliphatic hydroxyl groups excluding tert-OH is 1. The summed E-state index contributed by atoms with van der Waals surface area (Å²) in [7, 11) is 2.00. The minimum atomic E-state index is -0.790. The molecule has 200 valence electrons. The summed E-state index contributed by atoms with van der Waals surface area (Å²) in [5, 5.41) is 13.7. The number of halogens is 1. The second kappa shape index (κ2) is 11.0. The first-order valence-electron chi connectivity index (χ1n) is 13.1. The molecule has 40 heavy (non-hydrogen) atoms. The Kier molecular flexibility index (Phi) is 7.15. The SMILES string of the molecule is CN(Cc1ccc2c(c1)[C@@H](NC(=O)c1ccc(-c3ccccc3)cc1F)[C@H](O)C2)c1ncsc1-c1ccccc1. The van der Waals surface area contributed by atoms with E-state index in [4.69, 9.17) is 0 Å². The molecule has 0 bridgehead atoms. The number of hydrogen-bond donors (Lipinski definition) is 2. The van der Waals surface area contributed by atoms with E-state index in [-0.39, 0.29) is 5.56 Å². The summed E-state index contributed by atoms with van der Waals surface area (Å²) in [6.45, 7) is 0.600. The predicted molar refractivity (Wildman–Crippen MR) is 158 cm³/mol. The Morgan fingerprint density at radius 1 is 0.975 bits per heavy atom. The van der Waals surface area contributed by atoms with Crippen molar-refractivity contribution in [2.75, 3.05) is 11.9 Å². The molecule has 1 heterocycles. The third-order valence-corrected chi connectivity index (χ3v) is 8.20. The van der Waals surface area contributed by atoms with E-state index >= 15 is 4.39 Å². The van der Waals surface area contributed by atoms with E-state index in [2.05, 4.69) is 27.3 Å². The normalized spacial score (nSPS) is 16.0. The molecule has 7 heteroatoms. The smallest absolute Gasteiger partial charge is 0.254 e. The van der Waals surface area contributed by atoms with Crippen LogP contribution in [0.25, 0.3) is 21.6 Å². The minimum Gasteiger partial charge on any atom is -0.390 e. The van der Waals surface area contributed by atoms with Crippen LogP contribution >= 0.6 is 11.3 Å². The first kappa shape index (κ1) is 25.9. The van der Waals surface area contributed by atoms with Crippen molar-refractivity contribution in [3.8, 4) is 21.6 Å². The van der Waals surface area contributed by atoms with E-state index in [1.54, 1.807) is 17.4 Å². The lowest BCUT2D eigenvalue weighted by Crippen LogP contribution is -2.34. The van der Waals surface area contributed by atoms with Gasteiger partial charge in [-0.05, 0) is 45.5 Å². The maximum atomic E-state index is 15.0. The van der Waals surface area contributed by atoms with Crippen LogP contribution in [-0.2, 0) is 13.0 Å². The van der Waals surface area contributed by atoms with E-state index in [0.29, 0.717) is 18.5 Å². The number of amides is 1. The Bertz CT molecular complexity index is 1660. The van der Waals surface area contributed by atoms with Gasteiger partial charge in [0.25, 0.3) is 5.91 Å². The van der Waals surface area contributed by atoms with Crippen LogP contribution in [0.2, 0.25) is 0 Å². The Labute approximate surface area is 236 Å². The van der Waals surface area contributed by atoms with E-state index in [1.165, 1.54) is 12.1 Å². The highest BCUT2D eigenvalue weighted by molar-refractivity contribution is 7.13. The van der Waals surface area contributed by atoms with E-state index in [9.17, 15) is 9.90 Å². The number of anilines is 1. The van der Waals surface area contributed by atoms with Gasteiger partial charge in [0, 0.05) is 20.0 Å². The van der Waals surface area contributed by atoms with Crippen molar-refractivity contribution < 1.29 is 14.3 Å². The van der Waals surface area contributed by atoms with Gasteiger partial charge in [0.2, 0.25) is 0 Å². The molecule has 1 aromatic heterocycles. The highest BCUT2D eigenvalue weighted by Gasteiger charge is 2.33. The van der Waals surface area contributed by atoms with Crippen molar-refractivity contribution in [1.29, 1.82) is 0 Å². The molecule has 6 rings (SSSR count). The molecule has 0 radical (unpaired) electrons. The fourth-order valence-electron chi connectivity index (χ4n) is 5.32. The van der Waals surface area contributed by atoms with Gasteiger partial charge in [-0.3, -0.25) is 4.79 Å². The molecule has 2 N–H and O–H groups in total. The van der Waals surface area contributed by atoms with Crippen LogP contribution in [0.1, 0.15) is 33.1 Å². The lowest BCUT2D eigenvalue weighted by Gasteiger charge is -2.21. The molecule has 0 fully saturated rings. The van der Waals surface area contributed by atoms with Gasteiger partial charge < -0.3 is 15.3 Å². The van der Waals surface area contributed by atoms with Gasteiger partial charge in [0.05, 0.1) is 28.1 Å². The quantitative estimate of drug-likeness (QED) is 0.239. The van der Waals surface area contributed by atoms with Gasteiger partial charge in [0.1, 0.15) is 11.6 Å². The van der Waals surface area contributed by atoms with Crippen molar-refractivity contribution in [2.24, 2.45) is 0 Å². The van der Waals surface area contributed by atoms with Crippen LogP contribution in [0.15, 0.2) is 103 Å². The Morgan fingerprint density at radius 3 is 2.42 bits per heavy atom. The van der Waals surface area contributed by atoms with Gasteiger partial charge in [-0.2, -0.15) is 0 Å². The number of rotatable bonds is 7. The van der Waals surface area contributed by atoms with Gasteiger partial charge in [-0.1, -0.05) is 84.9 Å². The number of fused-ring (bicyclic) bond motifs is 1. The van der Waals surface area contributed by atoms with E-state index in [1.807, 2.05) is 79.3 Å². The van der Waals surface area contributed by atoms with Crippen molar-refractivity contribution in [2.45, 2.75) is 25.1 Å². The molecular formula is C33H28FN3O2S. The number of hydrogen-bond acceptors (Lipinski definition) is 5. The van der Waals surface area contributed by atoms with Gasteiger partial charge in [-0.25, -0.2) is 9.37 Å². The zero-order valence-corrected chi connectivity index (χ0v) is 22.7. The summed E-state index contributed by atoms with van der Waals surface area (Å²) in [6, 6.07) is 29.7. The lowest BCUT2D eigenvalue weighted by atomic mass is 10.0. The third kappa shape index (κ3) is 5.13. The molecule has 0 saturated heterocycles. The fourth-order valence-corrected chi connectivity index (χ4v) is 6.16. The van der Waals surface area contributed by atoms with Gasteiger partial charge in [-0.15, -0.1) is 11.3 Å². The molecule has 5 aromatic rings. The van der Waals surface area contributed by atoms with Crippen molar-refractivity contribution in [3.05, 3.63) is 131 Å². The van der Waals surface area contributed by atoms with Crippen molar-refractivity contribution in [1.82, 2.24) is 10.3 Å². The number of aliphatic hydroxyl groups is 1. The minimum absolute atomic E-state index is 0.0480. The number of carbonyl (C=O) groups excluding carboxylic acids is 1. The zero-order chi connectivity index (χ0) is 27.6. The molecule has 2 atom stereocenters. The molecular weight excluding hydrogens is 521 g/mol. The third-order valence-electron chi connectivity index (χ3n) is 7.33. The summed E-state index contributed by atoms with van der Waals surface area (Å²) < 4.78 is 15.0. The maximum Gasteiger partial charge on any atom is 0.254 e. The molecule has 0 spiro atoms. The maximum absolute atomic E-state index is 15.0. The second-order valence-corrected chi connectivity index (χ2v) is 10.9. The Balaban J connectivity index is 1.20. The Morgan fingerprint density at radius 2 is 1.70 bits per heavy atom. The highest BCUT2D eigenvalue weighted by Crippen LogP contribution is 2.36. The standard InChI is InChI=1S/C33H28FN3O2S/c1-37(32-31(40-20-35-32)23-10-6-3-7-11-23)19-21-12-13-25-18-29(38)30(27(25)16-21)36-33(39)26-15-14-24(17-28(26)34)22-8-4-2-5-9-22/h2-17,20,29-30,38H,18-19H2,1H3,(H,36,39)/t29-,30-/m1/s1. The summed E-state index contributed by atoms with van der Waals surface area (Å²) >= 11 is 1.60. The summed E-state index contributed by atoms with van der Waals surface area (Å²) in [6.07, 6.45) is -0.363. The highest BCUT2D eigenvalue weighted by atomic mass is 32.1. The molecule has 4 aromatic carbocycles.